The molecule has 1 N–H and O–H groups in total. The summed E-state index contributed by atoms with van der Waals surface area (Å²) < 4.78 is 27.6. The van der Waals surface area contributed by atoms with Gasteiger partial charge in [0.2, 0.25) is 0 Å². The summed E-state index contributed by atoms with van der Waals surface area (Å²) in [5.41, 5.74) is -0.141. The molecule has 0 saturated heterocycles. The van der Waals surface area contributed by atoms with Crippen molar-refractivity contribution in [3.05, 3.63) is 27.7 Å². The van der Waals surface area contributed by atoms with Gasteiger partial charge in [0, 0.05) is 23.8 Å². The van der Waals surface area contributed by atoms with Gasteiger partial charge in [0.1, 0.15) is 4.90 Å². The molecule has 0 aliphatic rings. The maximum absolute atomic E-state index is 12.1. The average molecular weight is 361 g/mol. The van der Waals surface area contributed by atoms with Gasteiger partial charge >= 0.3 is 0 Å². The molecule has 9 heteroatoms. The van der Waals surface area contributed by atoms with E-state index in [2.05, 4.69) is 5.32 Å². The summed E-state index contributed by atoms with van der Waals surface area (Å²) in [5, 5.41) is 2.31. The van der Waals surface area contributed by atoms with Crippen LogP contribution >= 0.6 is 33.9 Å². The molecular weight excluding hydrogens is 349 g/mol. The van der Waals surface area contributed by atoms with Gasteiger partial charge in [-0.25, -0.2) is 8.42 Å². The third-order valence-electron chi connectivity index (χ3n) is 2.34. The first-order valence-electron chi connectivity index (χ1n) is 5.41. The minimum atomic E-state index is -4.07. The number of carbonyl (C=O) groups excluding carboxylic acids is 1. The van der Waals surface area contributed by atoms with Crippen LogP contribution in [0.15, 0.2) is 17.0 Å². The molecule has 1 amide bonds. The van der Waals surface area contributed by atoms with E-state index in [1.165, 1.54) is 13.2 Å². The van der Waals surface area contributed by atoms with Crippen molar-refractivity contribution in [2.75, 3.05) is 13.7 Å². The zero-order chi connectivity index (χ0) is 15.5. The Morgan fingerprint density at radius 1 is 1.40 bits per heavy atom. The van der Waals surface area contributed by atoms with Crippen LogP contribution in [0.5, 0.6) is 0 Å². The van der Waals surface area contributed by atoms with E-state index in [4.69, 9.17) is 38.6 Å². The summed E-state index contributed by atoms with van der Waals surface area (Å²) in [7, 11) is 2.66. The van der Waals surface area contributed by atoms with Gasteiger partial charge in [-0.3, -0.25) is 4.79 Å². The smallest absolute Gasteiger partial charge is 0.262 e. The Bertz CT molecular complexity index is 618. The zero-order valence-corrected chi connectivity index (χ0v) is 13.7. The lowest BCUT2D eigenvalue weighted by Crippen LogP contribution is -2.36. The van der Waals surface area contributed by atoms with E-state index in [1.807, 2.05) is 0 Å². The van der Waals surface area contributed by atoms with Crippen molar-refractivity contribution in [1.82, 2.24) is 5.32 Å². The maximum atomic E-state index is 12.1. The first-order chi connectivity index (χ1) is 9.18. The summed E-state index contributed by atoms with van der Waals surface area (Å²) >= 11 is 11.8. The molecule has 20 heavy (non-hydrogen) atoms. The summed E-state index contributed by atoms with van der Waals surface area (Å²) in [6, 6.07) is 2.09. The van der Waals surface area contributed by atoms with Gasteiger partial charge in [-0.15, -0.1) is 0 Å². The number of halogens is 3. The summed E-state index contributed by atoms with van der Waals surface area (Å²) in [4.78, 5) is 11.7. The molecule has 1 atom stereocenters. The molecule has 1 aromatic rings. The molecule has 112 valence electrons. The van der Waals surface area contributed by atoms with Crippen molar-refractivity contribution in [2.45, 2.75) is 17.9 Å². The number of rotatable bonds is 5. The Kier molecular flexibility index (Phi) is 6.09. The first-order valence-corrected chi connectivity index (χ1v) is 8.47. The quantitative estimate of drug-likeness (QED) is 0.819. The molecule has 0 saturated carbocycles. The highest BCUT2D eigenvalue weighted by Gasteiger charge is 2.24. The highest BCUT2D eigenvalue weighted by molar-refractivity contribution is 8.13. The molecule has 1 rings (SSSR count). The average Bonchev–Trinajstić information content (AvgIpc) is 2.26. The number of hydrogen-bond acceptors (Lipinski definition) is 4. The molecular formula is C11H12Cl3NO4S. The molecule has 0 aromatic heterocycles. The van der Waals surface area contributed by atoms with Crippen LogP contribution in [0.3, 0.4) is 0 Å². The SMILES string of the molecule is COCC(C)NC(=O)c1c(Cl)ccc(S(=O)(=O)Cl)c1Cl. The van der Waals surface area contributed by atoms with E-state index in [0.29, 0.717) is 0 Å². The zero-order valence-electron chi connectivity index (χ0n) is 10.6. The van der Waals surface area contributed by atoms with Crippen molar-refractivity contribution < 1.29 is 17.9 Å². The van der Waals surface area contributed by atoms with Gasteiger partial charge in [-0.1, -0.05) is 23.2 Å². The predicted octanol–water partition coefficient (Wildman–Crippen LogP) is 2.69. The van der Waals surface area contributed by atoms with E-state index in [0.717, 1.165) is 6.07 Å². The minimum absolute atomic E-state index is 0.0289. The van der Waals surface area contributed by atoms with E-state index in [1.54, 1.807) is 6.92 Å². The molecule has 1 aromatic carbocycles. The van der Waals surface area contributed by atoms with Crippen LogP contribution in [0, 0.1) is 0 Å². The second kappa shape index (κ2) is 6.95. The van der Waals surface area contributed by atoms with Crippen molar-refractivity contribution in [2.24, 2.45) is 0 Å². The molecule has 1 unspecified atom stereocenters. The Balaban J connectivity index is 3.21. The van der Waals surface area contributed by atoms with Crippen LogP contribution in [-0.2, 0) is 13.8 Å². The Hall–Kier alpha value is -0.530. The van der Waals surface area contributed by atoms with Gasteiger partial charge < -0.3 is 10.1 Å². The normalized spacial score (nSPS) is 13.1. The second-order valence-corrected chi connectivity index (χ2v) is 7.32. The van der Waals surface area contributed by atoms with E-state index >= 15 is 0 Å². The van der Waals surface area contributed by atoms with Gasteiger partial charge in [0.15, 0.2) is 0 Å². The molecule has 0 radical (unpaired) electrons. The molecule has 0 spiro atoms. The highest BCUT2D eigenvalue weighted by Crippen LogP contribution is 2.32. The largest absolute Gasteiger partial charge is 0.383 e. The van der Waals surface area contributed by atoms with Crippen molar-refractivity contribution in [1.29, 1.82) is 0 Å². The fraction of sp³-hybridized carbons (Fsp3) is 0.364. The molecule has 0 fully saturated rings. The predicted molar refractivity (Wildman–Crippen MR) is 78.3 cm³/mol. The van der Waals surface area contributed by atoms with Crippen molar-refractivity contribution in [3.63, 3.8) is 0 Å². The topological polar surface area (TPSA) is 72.5 Å². The highest BCUT2D eigenvalue weighted by atomic mass is 35.7. The number of benzene rings is 1. The molecule has 0 bridgehead atoms. The minimum Gasteiger partial charge on any atom is -0.383 e. The maximum Gasteiger partial charge on any atom is 0.262 e. The number of ether oxygens (including phenoxy) is 1. The lowest BCUT2D eigenvalue weighted by Gasteiger charge is -2.15. The van der Waals surface area contributed by atoms with Gasteiger partial charge in [0.05, 0.1) is 22.2 Å². The number of amides is 1. The third kappa shape index (κ3) is 4.23. The number of carbonyl (C=O) groups is 1. The van der Waals surface area contributed by atoms with Crippen LogP contribution in [0.1, 0.15) is 17.3 Å². The monoisotopic (exact) mass is 359 g/mol. The Labute approximate surface area is 131 Å². The number of methoxy groups -OCH3 is 1. The van der Waals surface area contributed by atoms with Gasteiger partial charge in [0.25, 0.3) is 15.0 Å². The Morgan fingerprint density at radius 2 is 2.00 bits per heavy atom. The Morgan fingerprint density at radius 3 is 2.50 bits per heavy atom. The number of nitrogens with one attached hydrogen (secondary N) is 1. The van der Waals surface area contributed by atoms with Gasteiger partial charge in [-0.05, 0) is 19.1 Å². The molecule has 0 aliphatic heterocycles. The van der Waals surface area contributed by atoms with E-state index < -0.39 is 15.0 Å². The molecule has 5 nitrogen and oxygen atoms in total. The number of hydrogen-bond donors (Lipinski definition) is 1. The van der Waals surface area contributed by atoms with Crippen LogP contribution in [0.2, 0.25) is 10.0 Å². The van der Waals surface area contributed by atoms with E-state index in [-0.39, 0.29) is 33.2 Å². The summed E-state index contributed by atoms with van der Waals surface area (Å²) in [6.07, 6.45) is 0. The van der Waals surface area contributed by atoms with E-state index in [9.17, 15) is 13.2 Å². The third-order valence-corrected chi connectivity index (χ3v) is 4.52. The lowest BCUT2D eigenvalue weighted by molar-refractivity contribution is 0.0905. The van der Waals surface area contributed by atoms with Crippen LogP contribution in [0.4, 0.5) is 0 Å². The fourth-order valence-corrected chi connectivity index (χ4v) is 3.42. The lowest BCUT2D eigenvalue weighted by atomic mass is 10.2. The summed E-state index contributed by atoms with van der Waals surface area (Å²) in [6.45, 7) is 2.00. The fourth-order valence-electron chi connectivity index (χ4n) is 1.52. The first kappa shape index (κ1) is 17.5. The van der Waals surface area contributed by atoms with Gasteiger partial charge in [-0.2, -0.15) is 0 Å². The summed E-state index contributed by atoms with van der Waals surface area (Å²) in [5.74, 6) is -0.605. The molecule has 0 aliphatic carbocycles. The van der Waals surface area contributed by atoms with Crippen LogP contribution in [0.25, 0.3) is 0 Å². The van der Waals surface area contributed by atoms with Crippen LogP contribution in [-0.4, -0.2) is 34.1 Å². The van der Waals surface area contributed by atoms with Crippen molar-refractivity contribution in [3.8, 4) is 0 Å². The standard InChI is InChI=1S/C11H12Cl3NO4S/c1-6(5-19-2)15-11(16)9-7(12)3-4-8(10(9)13)20(14,17)18/h3-4,6H,5H2,1-2H3,(H,15,16). The van der Waals surface area contributed by atoms with Crippen LogP contribution < -0.4 is 5.32 Å². The second-order valence-electron chi connectivity index (χ2n) is 4.00. The molecule has 0 heterocycles. The van der Waals surface area contributed by atoms with Crippen molar-refractivity contribution >= 4 is 48.8 Å².